The number of anilines is 1. The van der Waals surface area contributed by atoms with Gasteiger partial charge in [-0.15, -0.1) is 0 Å². The normalized spacial score (nSPS) is 8.82. The van der Waals surface area contributed by atoms with Crippen LogP contribution >= 0.6 is 0 Å². The molecule has 1 aromatic rings. The van der Waals surface area contributed by atoms with Crippen molar-refractivity contribution < 1.29 is 4.79 Å². The van der Waals surface area contributed by atoms with Crippen molar-refractivity contribution in [1.29, 1.82) is 0 Å². The number of hydrogen-bond donors (Lipinski definition) is 2. The lowest BCUT2D eigenvalue weighted by molar-refractivity contribution is -0.118. The molecule has 0 aliphatic rings. The van der Waals surface area contributed by atoms with Gasteiger partial charge in [0.15, 0.2) is 5.82 Å². The van der Waals surface area contributed by atoms with E-state index in [4.69, 9.17) is 0 Å². The molecule has 0 saturated carbocycles. The van der Waals surface area contributed by atoms with Crippen LogP contribution in [0.5, 0.6) is 0 Å². The van der Waals surface area contributed by atoms with E-state index in [-0.39, 0.29) is 5.91 Å². The molecule has 0 atom stereocenters. The van der Waals surface area contributed by atoms with E-state index in [9.17, 15) is 4.79 Å². The van der Waals surface area contributed by atoms with Crippen LogP contribution < -0.4 is 10.9 Å². The molecule has 0 radical (unpaired) electrons. The maximum Gasteiger partial charge on any atom is 0.235 e. The zero-order valence-corrected chi connectivity index (χ0v) is 6.03. The largest absolute Gasteiger partial charge is 0.281 e. The van der Waals surface area contributed by atoms with Gasteiger partial charge < -0.3 is 0 Å². The van der Waals surface area contributed by atoms with Crippen molar-refractivity contribution in [2.75, 3.05) is 5.43 Å². The Kier molecular flexibility index (Phi) is 2.37. The van der Waals surface area contributed by atoms with Crippen molar-refractivity contribution in [1.82, 2.24) is 15.4 Å². The summed E-state index contributed by atoms with van der Waals surface area (Å²) < 4.78 is 0. The lowest BCUT2D eigenvalue weighted by Crippen LogP contribution is -2.26. The molecule has 0 aliphatic carbocycles. The minimum absolute atomic E-state index is 0.171. The summed E-state index contributed by atoms with van der Waals surface area (Å²) in [5.74, 6) is 0.346. The third kappa shape index (κ3) is 2.61. The first-order valence-corrected chi connectivity index (χ1v) is 3.07. The van der Waals surface area contributed by atoms with Crippen molar-refractivity contribution in [3.05, 3.63) is 18.6 Å². The van der Waals surface area contributed by atoms with E-state index in [1.165, 1.54) is 19.3 Å². The fourth-order valence-electron chi connectivity index (χ4n) is 0.516. The number of nitrogens with zero attached hydrogens (tertiary/aromatic N) is 2. The topological polar surface area (TPSA) is 66.9 Å². The summed E-state index contributed by atoms with van der Waals surface area (Å²) >= 11 is 0. The summed E-state index contributed by atoms with van der Waals surface area (Å²) in [4.78, 5) is 18.0. The Bertz CT molecular complexity index is 236. The molecule has 1 heterocycles. The quantitative estimate of drug-likeness (QED) is 0.582. The van der Waals surface area contributed by atoms with E-state index >= 15 is 0 Å². The Hall–Kier alpha value is -1.65. The van der Waals surface area contributed by atoms with E-state index in [1.54, 1.807) is 6.20 Å². The Balaban J connectivity index is 2.45. The van der Waals surface area contributed by atoms with Crippen molar-refractivity contribution >= 4 is 11.7 Å². The maximum atomic E-state index is 10.4. The first kappa shape index (κ1) is 7.46. The van der Waals surface area contributed by atoms with E-state index in [2.05, 4.69) is 20.8 Å². The molecule has 1 amide bonds. The highest BCUT2D eigenvalue weighted by Gasteiger charge is 1.90. The molecule has 0 bridgehead atoms. The molecular formula is C6H8N4O. The molecule has 0 spiro atoms. The number of carbonyl (C=O) groups is 1. The molecule has 58 valence electrons. The van der Waals surface area contributed by atoms with Crippen molar-refractivity contribution in [2.45, 2.75) is 6.92 Å². The molecule has 5 nitrogen and oxygen atoms in total. The van der Waals surface area contributed by atoms with Gasteiger partial charge in [-0.25, -0.2) is 4.98 Å². The second kappa shape index (κ2) is 3.50. The Morgan fingerprint density at radius 1 is 1.55 bits per heavy atom. The van der Waals surface area contributed by atoms with Crippen LogP contribution in [-0.4, -0.2) is 15.9 Å². The predicted molar refractivity (Wildman–Crippen MR) is 39.5 cm³/mol. The summed E-state index contributed by atoms with van der Waals surface area (Å²) in [6.45, 7) is 1.41. The number of nitrogens with one attached hydrogen (secondary N) is 2. The number of amides is 1. The minimum Gasteiger partial charge on any atom is -0.281 e. The van der Waals surface area contributed by atoms with Gasteiger partial charge in [0.2, 0.25) is 5.91 Å². The predicted octanol–water partition coefficient (Wildman–Crippen LogP) is -0.0604. The van der Waals surface area contributed by atoms with Crippen molar-refractivity contribution in [3.8, 4) is 0 Å². The first-order valence-electron chi connectivity index (χ1n) is 3.07. The molecule has 0 saturated heterocycles. The number of carbonyl (C=O) groups excluding carboxylic acids is 1. The zero-order chi connectivity index (χ0) is 8.10. The van der Waals surface area contributed by atoms with Gasteiger partial charge in [-0.3, -0.25) is 20.6 Å². The second-order valence-electron chi connectivity index (χ2n) is 1.90. The van der Waals surface area contributed by atoms with Crippen LogP contribution in [0.2, 0.25) is 0 Å². The molecule has 0 aliphatic heterocycles. The van der Waals surface area contributed by atoms with Gasteiger partial charge in [0, 0.05) is 19.3 Å². The van der Waals surface area contributed by atoms with Crippen LogP contribution in [0, 0.1) is 0 Å². The molecule has 2 N–H and O–H groups in total. The Morgan fingerprint density at radius 2 is 2.36 bits per heavy atom. The number of hydrazine groups is 1. The van der Waals surface area contributed by atoms with Gasteiger partial charge in [0.1, 0.15) is 0 Å². The lowest BCUT2D eigenvalue weighted by atomic mass is 10.7. The molecule has 0 aromatic carbocycles. The van der Waals surface area contributed by atoms with Crippen LogP contribution in [0.25, 0.3) is 0 Å². The molecule has 0 unspecified atom stereocenters. The van der Waals surface area contributed by atoms with Gasteiger partial charge in [-0.2, -0.15) is 0 Å². The third-order valence-corrected chi connectivity index (χ3v) is 0.930. The maximum absolute atomic E-state index is 10.4. The molecule has 5 heteroatoms. The highest BCUT2D eigenvalue weighted by molar-refractivity contribution is 5.74. The van der Waals surface area contributed by atoms with E-state index in [0.717, 1.165) is 0 Å². The van der Waals surface area contributed by atoms with E-state index in [1.807, 2.05) is 0 Å². The van der Waals surface area contributed by atoms with E-state index in [0.29, 0.717) is 5.82 Å². The molecular weight excluding hydrogens is 144 g/mol. The molecule has 0 fully saturated rings. The van der Waals surface area contributed by atoms with Crippen LogP contribution in [0.4, 0.5) is 5.82 Å². The van der Waals surface area contributed by atoms with Crippen LogP contribution in [-0.2, 0) is 4.79 Å². The van der Waals surface area contributed by atoms with Gasteiger partial charge in [0.05, 0.1) is 6.20 Å². The summed E-state index contributed by atoms with van der Waals surface area (Å²) in [7, 11) is 0. The fourth-order valence-corrected chi connectivity index (χ4v) is 0.516. The van der Waals surface area contributed by atoms with Gasteiger partial charge in [-0.1, -0.05) is 0 Å². The standard InChI is InChI=1S/C6H8N4O/c1-5(11)9-10-6-4-7-2-3-8-6/h2-4H,1H3,(H,8,10)(H,9,11). The summed E-state index contributed by atoms with van der Waals surface area (Å²) in [6.07, 6.45) is 4.60. The molecule has 1 aromatic heterocycles. The molecule has 1 rings (SSSR count). The smallest absolute Gasteiger partial charge is 0.235 e. The monoisotopic (exact) mass is 152 g/mol. The highest BCUT2D eigenvalue weighted by atomic mass is 16.2. The average molecular weight is 152 g/mol. The van der Waals surface area contributed by atoms with Gasteiger partial charge in [0.25, 0.3) is 0 Å². The second-order valence-corrected chi connectivity index (χ2v) is 1.90. The van der Waals surface area contributed by atoms with Gasteiger partial charge >= 0.3 is 0 Å². The fraction of sp³-hybridized carbons (Fsp3) is 0.167. The summed E-state index contributed by atoms with van der Waals surface area (Å²) in [5, 5.41) is 0. The summed E-state index contributed by atoms with van der Waals surface area (Å²) in [6, 6.07) is 0. The third-order valence-electron chi connectivity index (χ3n) is 0.930. The van der Waals surface area contributed by atoms with Crippen LogP contribution in [0.15, 0.2) is 18.6 Å². The summed E-state index contributed by atoms with van der Waals surface area (Å²) in [5.41, 5.74) is 4.94. The van der Waals surface area contributed by atoms with Crippen molar-refractivity contribution in [3.63, 3.8) is 0 Å². The number of aromatic nitrogens is 2. The lowest BCUT2D eigenvalue weighted by Gasteiger charge is -2.02. The van der Waals surface area contributed by atoms with Crippen LogP contribution in [0.3, 0.4) is 0 Å². The zero-order valence-electron chi connectivity index (χ0n) is 6.03. The van der Waals surface area contributed by atoms with Gasteiger partial charge in [-0.05, 0) is 0 Å². The first-order chi connectivity index (χ1) is 5.29. The number of rotatable bonds is 2. The average Bonchev–Trinajstić information content (AvgIpc) is 2.03. The highest BCUT2D eigenvalue weighted by Crippen LogP contribution is 1.92. The Labute approximate surface area is 63.8 Å². The molecule has 11 heavy (non-hydrogen) atoms. The van der Waals surface area contributed by atoms with Crippen LogP contribution in [0.1, 0.15) is 6.92 Å². The number of hydrogen-bond acceptors (Lipinski definition) is 4. The minimum atomic E-state index is -0.171. The Morgan fingerprint density at radius 3 is 2.91 bits per heavy atom. The SMILES string of the molecule is CC(=O)NNc1cnccn1. The van der Waals surface area contributed by atoms with Crippen molar-refractivity contribution in [2.24, 2.45) is 0 Å². The van der Waals surface area contributed by atoms with E-state index < -0.39 is 0 Å².